The van der Waals surface area contributed by atoms with Crippen molar-refractivity contribution in [1.29, 1.82) is 0 Å². The number of carbonyl (C=O) groups is 2. The van der Waals surface area contributed by atoms with Gasteiger partial charge >= 0.3 is 0 Å². The smallest absolute Gasteiger partial charge is 0.290 e. The van der Waals surface area contributed by atoms with E-state index in [2.05, 4.69) is 34.0 Å². The van der Waals surface area contributed by atoms with Gasteiger partial charge in [-0.15, -0.1) is 11.8 Å². The Morgan fingerprint density at radius 1 is 1.00 bits per heavy atom. The molecule has 27 heavy (non-hydrogen) atoms. The van der Waals surface area contributed by atoms with E-state index in [4.69, 9.17) is 4.52 Å². The molecule has 0 aliphatic carbocycles. The number of amides is 2. The van der Waals surface area contributed by atoms with Gasteiger partial charge in [-0.05, 0) is 49.9 Å². The molecule has 2 amide bonds. The Morgan fingerprint density at radius 3 is 2.19 bits per heavy atom. The van der Waals surface area contributed by atoms with Crippen molar-refractivity contribution in [2.75, 3.05) is 13.1 Å². The Hall–Kier alpha value is -2.28. The van der Waals surface area contributed by atoms with Crippen molar-refractivity contribution in [2.45, 2.75) is 51.2 Å². The summed E-state index contributed by atoms with van der Waals surface area (Å²) in [6.07, 6.45) is 1.60. The zero-order valence-electron chi connectivity index (χ0n) is 16.3. The van der Waals surface area contributed by atoms with Crippen LogP contribution in [0.2, 0.25) is 0 Å². The Labute approximate surface area is 164 Å². The second-order valence-corrected chi connectivity index (χ2v) is 7.51. The summed E-state index contributed by atoms with van der Waals surface area (Å²) in [6.45, 7) is 9.08. The SMILES string of the molecule is CCCNC(=O)c1onc(CSc2cc(C)cc(C)c2)c1C(=O)NCCC. The molecule has 2 rings (SSSR count). The maximum absolute atomic E-state index is 12.6. The van der Waals surface area contributed by atoms with E-state index in [0.717, 1.165) is 17.7 Å². The lowest BCUT2D eigenvalue weighted by molar-refractivity contribution is 0.0892. The van der Waals surface area contributed by atoms with Crippen LogP contribution in [0.3, 0.4) is 0 Å². The Bertz CT molecular complexity index is 782. The highest BCUT2D eigenvalue weighted by Crippen LogP contribution is 2.27. The molecule has 0 aliphatic rings. The van der Waals surface area contributed by atoms with Crippen molar-refractivity contribution in [1.82, 2.24) is 15.8 Å². The molecule has 0 unspecified atom stereocenters. The van der Waals surface area contributed by atoms with Gasteiger partial charge in [0, 0.05) is 23.7 Å². The molecule has 2 N–H and O–H groups in total. The van der Waals surface area contributed by atoms with Crippen LogP contribution in [-0.4, -0.2) is 30.1 Å². The third-order valence-corrected chi connectivity index (χ3v) is 4.82. The summed E-state index contributed by atoms with van der Waals surface area (Å²) in [6, 6.07) is 6.28. The van der Waals surface area contributed by atoms with E-state index in [-0.39, 0.29) is 17.2 Å². The average Bonchev–Trinajstić information content (AvgIpc) is 3.05. The van der Waals surface area contributed by atoms with Crippen molar-refractivity contribution < 1.29 is 14.1 Å². The number of carbonyl (C=O) groups excluding carboxylic acids is 2. The molecule has 0 saturated carbocycles. The highest BCUT2D eigenvalue weighted by atomic mass is 32.2. The van der Waals surface area contributed by atoms with E-state index in [1.165, 1.54) is 11.1 Å². The van der Waals surface area contributed by atoms with E-state index in [0.29, 0.717) is 24.5 Å². The molecule has 0 atom stereocenters. The van der Waals surface area contributed by atoms with Crippen LogP contribution in [0.4, 0.5) is 0 Å². The minimum atomic E-state index is -0.409. The molecule has 0 aliphatic heterocycles. The summed E-state index contributed by atoms with van der Waals surface area (Å²) in [5.41, 5.74) is 3.07. The van der Waals surface area contributed by atoms with Gasteiger partial charge in [0.05, 0.1) is 0 Å². The molecule has 1 heterocycles. The molecule has 1 aromatic heterocycles. The van der Waals surface area contributed by atoms with Crippen molar-refractivity contribution in [3.05, 3.63) is 46.3 Å². The third-order valence-electron chi connectivity index (χ3n) is 3.84. The van der Waals surface area contributed by atoms with Gasteiger partial charge in [0.15, 0.2) is 0 Å². The average molecular weight is 390 g/mol. The third kappa shape index (κ3) is 5.85. The molecule has 0 fully saturated rings. The largest absolute Gasteiger partial charge is 0.352 e. The monoisotopic (exact) mass is 389 g/mol. The van der Waals surface area contributed by atoms with Crippen molar-refractivity contribution in [3.8, 4) is 0 Å². The molecular formula is C20H27N3O3S. The van der Waals surface area contributed by atoms with Gasteiger partial charge in [-0.25, -0.2) is 0 Å². The lowest BCUT2D eigenvalue weighted by Gasteiger charge is -2.07. The van der Waals surface area contributed by atoms with Gasteiger partial charge in [-0.2, -0.15) is 0 Å². The summed E-state index contributed by atoms with van der Waals surface area (Å²) in [7, 11) is 0. The number of aryl methyl sites for hydroxylation is 2. The zero-order valence-corrected chi connectivity index (χ0v) is 17.2. The normalized spacial score (nSPS) is 10.7. The molecule has 7 heteroatoms. The number of thioether (sulfide) groups is 1. The number of rotatable bonds is 9. The second-order valence-electron chi connectivity index (χ2n) is 6.46. The van der Waals surface area contributed by atoms with E-state index in [1.54, 1.807) is 11.8 Å². The lowest BCUT2D eigenvalue weighted by atomic mass is 10.1. The quantitative estimate of drug-likeness (QED) is 0.636. The molecule has 0 spiro atoms. The molecule has 0 saturated heterocycles. The van der Waals surface area contributed by atoms with E-state index in [9.17, 15) is 9.59 Å². The fourth-order valence-electron chi connectivity index (χ4n) is 2.62. The maximum Gasteiger partial charge on any atom is 0.290 e. The van der Waals surface area contributed by atoms with Crippen molar-refractivity contribution >= 4 is 23.6 Å². The predicted molar refractivity (Wildman–Crippen MR) is 107 cm³/mol. The molecule has 0 bridgehead atoms. The summed E-state index contributed by atoms with van der Waals surface area (Å²) in [4.78, 5) is 26.0. The summed E-state index contributed by atoms with van der Waals surface area (Å²) in [5, 5.41) is 9.57. The van der Waals surface area contributed by atoms with E-state index >= 15 is 0 Å². The number of nitrogens with zero attached hydrogens (tertiary/aromatic N) is 1. The van der Waals surface area contributed by atoms with Gasteiger partial charge in [0.2, 0.25) is 5.76 Å². The van der Waals surface area contributed by atoms with Gasteiger partial charge < -0.3 is 15.2 Å². The first-order valence-corrected chi connectivity index (χ1v) is 10.2. The van der Waals surface area contributed by atoms with E-state index < -0.39 is 5.91 Å². The Kier molecular flexibility index (Phi) is 7.91. The highest BCUT2D eigenvalue weighted by molar-refractivity contribution is 7.98. The summed E-state index contributed by atoms with van der Waals surface area (Å²) in [5.74, 6) is -0.306. The van der Waals surface area contributed by atoms with Gasteiger partial charge in [0.25, 0.3) is 11.8 Å². The minimum Gasteiger partial charge on any atom is -0.352 e. The first-order chi connectivity index (χ1) is 13.0. The molecular weight excluding hydrogens is 362 g/mol. The minimum absolute atomic E-state index is 0.0203. The van der Waals surface area contributed by atoms with Crippen LogP contribution in [0.1, 0.15) is 64.4 Å². The van der Waals surface area contributed by atoms with Crippen LogP contribution in [0, 0.1) is 13.8 Å². The highest BCUT2D eigenvalue weighted by Gasteiger charge is 2.27. The van der Waals surface area contributed by atoms with Crippen LogP contribution in [0.5, 0.6) is 0 Å². The topological polar surface area (TPSA) is 84.2 Å². The Balaban J connectivity index is 2.24. The molecule has 0 radical (unpaired) electrons. The summed E-state index contributed by atoms with van der Waals surface area (Å²) >= 11 is 1.57. The van der Waals surface area contributed by atoms with Crippen LogP contribution < -0.4 is 10.6 Å². The Morgan fingerprint density at radius 2 is 1.59 bits per heavy atom. The predicted octanol–water partition coefficient (Wildman–Crippen LogP) is 3.86. The fourth-order valence-corrected chi connectivity index (χ4v) is 3.66. The molecule has 146 valence electrons. The van der Waals surface area contributed by atoms with E-state index in [1.807, 2.05) is 27.7 Å². The molecule has 2 aromatic rings. The lowest BCUT2D eigenvalue weighted by Crippen LogP contribution is -2.30. The first-order valence-electron chi connectivity index (χ1n) is 9.22. The van der Waals surface area contributed by atoms with Crippen LogP contribution >= 0.6 is 11.8 Å². The zero-order chi connectivity index (χ0) is 19.8. The molecule has 1 aromatic carbocycles. The number of hydrogen-bond donors (Lipinski definition) is 2. The number of aromatic nitrogens is 1. The van der Waals surface area contributed by atoms with Gasteiger partial charge in [-0.3, -0.25) is 9.59 Å². The first kappa shape index (κ1) is 21.0. The number of hydrogen-bond acceptors (Lipinski definition) is 5. The number of benzene rings is 1. The number of nitrogens with one attached hydrogen (secondary N) is 2. The van der Waals surface area contributed by atoms with Gasteiger partial charge in [-0.1, -0.05) is 25.1 Å². The maximum atomic E-state index is 12.6. The summed E-state index contributed by atoms with van der Waals surface area (Å²) < 4.78 is 5.26. The van der Waals surface area contributed by atoms with Gasteiger partial charge in [0.1, 0.15) is 11.3 Å². The van der Waals surface area contributed by atoms with Crippen LogP contribution in [0.25, 0.3) is 0 Å². The van der Waals surface area contributed by atoms with Crippen LogP contribution in [0.15, 0.2) is 27.6 Å². The molecule has 6 nitrogen and oxygen atoms in total. The van der Waals surface area contributed by atoms with Crippen molar-refractivity contribution in [2.24, 2.45) is 0 Å². The van der Waals surface area contributed by atoms with Crippen LogP contribution in [-0.2, 0) is 5.75 Å². The fraction of sp³-hybridized carbons (Fsp3) is 0.450. The second kappa shape index (κ2) is 10.2. The standard InChI is InChI=1S/C20H27N3O3S/c1-5-7-21-19(24)17-16(23-26-18(17)20(25)22-8-6-2)12-27-15-10-13(3)9-14(4)11-15/h9-11H,5-8,12H2,1-4H3,(H,21,24)(H,22,25). The van der Waals surface area contributed by atoms with Crippen molar-refractivity contribution in [3.63, 3.8) is 0 Å².